The highest BCUT2D eigenvalue weighted by molar-refractivity contribution is 14.1. The molecule has 94 valence electrons. The van der Waals surface area contributed by atoms with Gasteiger partial charge in [-0.25, -0.2) is 0 Å². The van der Waals surface area contributed by atoms with E-state index in [4.69, 9.17) is 0 Å². The minimum absolute atomic E-state index is 0.153. The summed E-state index contributed by atoms with van der Waals surface area (Å²) >= 11 is 5.56. The molecule has 0 aliphatic heterocycles. The maximum Gasteiger partial charge on any atom is 0.257 e. The number of halogens is 2. The van der Waals surface area contributed by atoms with Crippen LogP contribution < -0.4 is 5.32 Å². The first kappa shape index (κ1) is 13.5. The summed E-state index contributed by atoms with van der Waals surface area (Å²) in [6, 6.07) is 5.64. The Bertz CT molecular complexity index is 582. The van der Waals surface area contributed by atoms with Crippen molar-refractivity contribution in [2.45, 2.75) is 13.3 Å². The van der Waals surface area contributed by atoms with E-state index in [-0.39, 0.29) is 5.91 Å². The smallest absolute Gasteiger partial charge is 0.257 e. The van der Waals surface area contributed by atoms with Gasteiger partial charge in [-0.3, -0.25) is 9.89 Å². The van der Waals surface area contributed by atoms with E-state index in [1.807, 2.05) is 25.1 Å². The molecular formula is C12H11BrIN3O. The van der Waals surface area contributed by atoms with E-state index in [0.717, 1.165) is 20.0 Å². The second-order valence-electron chi connectivity index (χ2n) is 3.70. The molecule has 0 atom stereocenters. The number of nitrogens with one attached hydrogen (secondary N) is 2. The molecule has 1 aromatic carbocycles. The molecule has 6 heteroatoms. The molecule has 0 saturated carbocycles. The van der Waals surface area contributed by atoms with Gasteiger partial charge < -0.3 is 5.32 Å². The number of aromatic amines is 1. The third-order valence-electron chi connectivity index (χ3n) is 2.51. The maximum absolute atomic E-state index is 12.2. The van der Waals surface area contributed by atoms with Crippen molar-refractivity contribution in [1.29, 1.82) is 0 Å². The average molecular weight is 420 g/mol. The Hall–Kier alpha value is -0.890. The molecule has 1 heterocycles. The normalized spacial score (nSPS) is 10.4. The molecule has 0 spiro atoms. The van der Waals surface area contributed by atoms with Gasteiger partial charge in [0.2, 0.25) is 0 Å². The van der Waals surface area contributed by atoms with Crippen LogP contribution in [0.15, 0.2) is 28.9 Å². The van der Waals surface area contributed by atoms with Crippen molar-refractivity contribution < 1.29 is 4.79 Å². The molecule has 0 radical (unpaired) electrons. The molecule has 2 aromatic rings. The Morgan fingerprint density at radius 2 is 2.33 bits per heavy atom. The van der Waals surface area contributed by atoms with Crippen molar-refractivity contribution >= 4 is 50.2 Å². The summed E-state index contributed by atoms with van der Waals surface area (Å²) in [5, 5.41) is 9.55. The van der Waals surface area contributed by atoms with Crippen LogP contribution in [0, 0.1) is 3.57 Å². The monoisotopic (exact) mass is 419 g/mol. The summed E-state index contributed by atoms with van der Waals surface area (Å²) in [4.78, 5) is 12.2. The summed E-state index contributed by atoms with van der Waals surface area (Å²) in [6.07, 6.45) is 2.54. The van der Waals surface area contributed by atoms with Gasteiger partial charge in [0.25, 0.3) is 5.91 Å². The van der Waals surface area contributed by atoms with Gasteiger partial charge in [-0.15, -0.1) is 0 Å². The van der Waals surface area contributed by atoms with Crippen LogP contribution in [0.2, 0.25) is 0 Å². The predicted molar refractivity (Wildman–Crippen MR) is 82.8 cm³/mol. The fourth-order valence-corrected chi connectivity index (χ4v) is 2.46. The number of rotatable bonds is 3. The number of carbonyl (C=O) groups excluding carboxylic acids is 1. The standard InChI is InChI=1S/C12H11BrIN3O/c1-2-7-6-15-17-11(7)16-12(18)9-5-8(14)3-4-10(9)13/h3-6H,2H2,1H3,(H2,15,16,17,18). The topological polar surface area (TPSA) is 57.8 Å². The number of aromatic nitrogens is 2. The Morgan fingerprint density at radius 3 is 3.06 bits per heavy atom. The first-order chi connectivity index (χ1) is 8.61. The molecule has 0 bridgehead atoms. The van der Waals surface area contributed by atoms with Crippen molar-refractivity contribution in [3.05, 3.63) is 43.6 Å². The molecule has 1 aromatic heterocycles. The molecule has 1 amide bonds. The second kappa shape index (κ2) is 5.83. The number of H-pyrrole nitrogens is 1. The molecule has 18 heavy (non-hydrogen) atoms. The lowest BCUT2D eigenvalue weighted by Crippen LogP contribution is -2.14. The van der Waals surface area contributed by atoms with E-state index in [9.17, 15) is 4.79 Å². The zero-order valence-electron chi connectivity index (χ0n) is 9.63. The average Bonchev–Trinajstić information content (AvgIpc) is 2.79. The third-order valence-corrected chi connectivity index (χ3v) is 3.87. The quantitative estimate of drug-likeness (QED) is 0.747. The van der Waals surface area contributed by atoms with E-state index in [0.29, 0.717) is 11.4 Å². The molecule has 0 aliphatic carbocycles. The molecule has 0 unspecified atom stereocenters. The van der Waals surface area contributed by atoms with Gasteiger partial charge in [-0.2, -0.15) is 5.10 Å². The number of anilines is 1. The molecule has 2 N–H and O–H groups in total. The van der Waals surface area contributed by atoms with Crippen LogP contribution >= 0.6 is 38.5 Å². The number of nitrogens with zero attached hydrogens (tertiary/aromatic N) is 1. The van der Waals surface area contributed by atoms with Gasteiger partial charge in [0.05, 0.1) is 11.8 Å². The van der Waals surface area contributed by atoms with E-state index in [1.54, 1.807) is 6.20 Å². The number of aryl methyl sites for hydroxylation is 1. The minimum atomic E-state index is -0.153. The fraction of sp³-hybridized carbons (Fsp3) is 0.167. The Labute approximate surface area is 127 Å². The lowest BCUT2D eigenvalue weighted by Gasteiger charge is -2.07. The number of hydrogen-bond acceptors (Lipinski definition) is 2. The van der Waals surface area contributed by atoms with Crippen LogP contribution in [0.4, 0.5) is 5.82 Å². The fourth-order valence-electron chi connectivity index (χ4n) is 1.54. The van der Waals surface area contributed by atoms with Crippen molar-refractivity contribution in [1.82, 2.24) is 10.2 Å². The van der Waals surface area contributed by atoms with E-state index < -0.39 is 0 Å². The van der Waals surface area contributed by atoms with Crippen LogP contribution in [0.25, 0.3) is 0 Å². The van der Waals surface area contributed by atoms with Crippen molar-refractivity contribution in [3.8, 4) is 0 Å². The number of hydrogen-bond donors (Lipinski definition) is 2. The Kier molecular flexibility index (Phi) is 4.39. The van der Waals surface area contributed by atoms with E-state index in [2.05, 4.69) is 54.0 Å². The highest BCUT2D eigenvalue weighted by atomic mass is 127. The Morgan fingerprint density at radius 1 is 1.56 bits per heavy atom. The lowest BCUT2D eigenvalue weighted by molar-refractivity contribution is 0.102. The maximum atomic E-state index is 12.2. The minimum Gasteiger partial charge on any atom is -0.307 e. The second-order valence-corrected chi connectivity index (χ2v) is 5.80. The SMILES string of the molecule is CCc1cn[nH]c1NC(=O)c1cc(I)ccc1Br. The molecule has 0 saturated heterocycles. The molecule has 4 nitrogen and oxygen atoms in total. The Balaban J connectivity index is 2.25. The largest absolute Gasteiger partial charge is 0.307 e. The highest BCUT2D eigenvalue weighted by Gasteiger charge is 2.13. The first-order valence-electron chi connectivity index (χ1n) is 5.40. The van der Waals surface area contributed by atoms with E-state index in [1.165, 1.54) is 0 Å². The van der Waals surface area contributed by atoms with Gasteiger partial charge in [0.15, 0.2) is 0 Å². The summed E-state index contributed by atoms with van der Waals surface area (Å²) in [5.41, 5.74) is 1.60. The molecule has 2 rings (SSSR count). The third kappa shape index (κ3) is 2.92. The highest BCUT2D eigenvalue weighted by Crippen LogP contribution is 2.21. The van der Waals surface area contributed by atoms with Gasteiger partial charge >= 0.3 is 0 Å². The molecular weight excluding hydrogens is 409 g/mol. The number of benzene rings is 1. The van der Waals surface area contributed by atoms with Crippen LogP contribution in [0.1, 0.15) is 22.8 Å². The van der Waals surface area contributed by atoms with Crippen LogP contribution in [-0.4, -0.2) is 16.1 Å². The predicted octanol–water partition coefficient (Wildman–Crippen LogP) is 3.59. The molecule has 0 aliphatic rings. The van der Waals surface area contributed by atoms with Crippen molar-refractivity contribution in [2.75, 3.05) is 5.32 Å². The summed E-state index contributed by atoms with van der Waals surface area (Å²) < 4.78 is 1.79. The van der Waals surface area contributed by atoms with Crippen LogP contribution in [-0.2, 0) is 6.42 Å². The van der Waals surface area contributed by atoms with Crippen molar-refractivity contribution in [2.24, 2.45) is 0 Å². The zero-order valence-corrected chi connectivity index (χ0v) is 13.4. The van der Waals surface area contributed by atoms with E-state index >= 15 is 0 Å². The van der Waals surface area contributed by atoms with Crippen LogP contribution in [0.3, 0.4) is 0 Å². The number of amides is 1. The van der Waals surface area contributed by atoms with Gasteiger partial charge in [-0.05, 0) is 63.1 Å². The van der Waals surface area contributed by atoms with Gasteiger partial charge in [0, 0.05) is 13.6 Å². The molecule has 0 fully saturated rings. The summed E-state index contributed by atoms with van der Waals surface area (Å²) in [7, 11) is 0. The lowest BCUT2D eigenvalue weighted by atomic mass is 10.2. The summed E-state index contributed by atoms with van der Waals surface area (Å²) in [6.45, 7) is 2.02. The van der Waals surface area contributed by atoms with Crippen molar-refractivity contribution in [3.63, 3.8) is 0 Å². The van der Waals surface area contributed by atoms with Gasteiger partial charge in [-0.1, -0.05) is 6.92 Å². The van der Waals surface area contributed by atoms with Gasteiger partial charge in [0.1, 0.15) is 5.82 Å². The zero-order chi connectivity index (χ0) is 13.1. The first-order valence-corrected chi connectivity index (χ1v) is 7.27. The number of carbonyl (C=O) groups is 1. The summed E-state index contributed by atoms with van der Waals surface area (Å²) in [5.74, 6) is 0.507. The van der Waals surface area contributed by atoms with Crippen LogP contribution in [0.5, 0.6) is 0 Å².